The summed E-state index contributed by atoms with van der Waals surface area (Å²) in [7, 11) is 0. The summed E-state index contributed by atoms with van der Waals surface area (Å²) in [6.07, 6.45) is 2.22. The van der Waals surface area contributed by atoms with Gasteiger partial charge in [0.2, 0.25) is 0 Å². The first kappa shape index (κ1) is 13.1. The van der Waals surface area contributed by atoms with E-state index in [-0.39, 0.29) is 17.4 Å². The Morgan fingerprint density at radius 2 is 2.26 bits per heavy atom. The molecule has 1 aromatic heterocycles. The predicted octanol–water partition coefficient (Wildman–Crippen LogP) is 1.72. The van der Waals surface area contributed by atoms with Crippen LogP contribution in [0.2, 0.25) is 0 Å². The minimum Gasteiger partial charge on any atom is -0.323 e. The molecule has 1 aromatic carbocycles. The van der Waals surface area contributed by atoms with Crippen molar-refractivity contribution in [3.63, 3.8) is 0 Å². The first-order valence-electron chi connectivity index (χ1n) is 5.64. The summed E-state index contributed by atoms with van der Waals surface area (Å²) < 4.78 is 14.6. The van der Waals surface area contributed by atoms with Gasteiger partial charge in [0.15, 0.2) is 0 Å². The fourth-order valence-corrected chi connectivity index (χ4v) is 1.58. The lowest BCUT2D eigenvalue weighted by Gasteiger charge is -2.02. The predicted molar refractivity (Wildman–Crippen MR) is 65.2 cm³/mol. The fourth-order valence-electron chi connectivity index (χ4n) is 1.58. The van der Waals surface area contributed by atoms with Crippen molar-refractivity contribution in [2.45, 2.75) is 19.4 Å². The van der Waals surface area contributed by atoms with Crippen LogP contribution in [0.25, 0.3) is 5.69 Å². The Morgan fingerprint density at radius 1 is 1.53 bits per heavy atom. The number of nitrogens with two attached hydrogens (primary N) is 1. The molecule has 0 aliphatic rings. The summed E-state index contributed by atoms with van der Waals surface area (Å²) >= 11 is 0. The molecule has 19 heavy (non-hydrogen) atoms. The van der Waals surface area contributed by atoms with E-state index in [1.807, 2.05) is 6.92 Å². The zero-order chi connectivity index (χ0) is 14.0. The van der Waals surface area contributed by atoms with Gasteiger partial charge in [-0.15, -0.1) is 5.10 Å². The van der Waals surface area contributed by atoms with Crippen molar-refractivity contribution in [2.24, 2.45) is 5.73 Å². The standard InChI is InChI=1S/C11H12FN5O2/c1-2-10(13)11-6-16(15-14-11)8-3-7(12)4-9(5-8)17(18)19/h3-6,10H,2,13H2,1H3. The number of hydrogen-bond acceptors (Lipinski definition) is 5. The lowest BCUT2D eigenvalue weighted by atomic mass is 10.2. The Morgan fingerprint density at radius 3 is 2.89 bits per heavy atom. The van der Waals surface area contributed by atoms with Gasteiger partial charge in [0.1, 0.15) is 5.82 Å². The maximum atomic E-state index is 13.3. The number of nitrogens with zero attached hydrogens (tertiary/aromatic N) is 4. The highest BCUT2D eigenvalue weighted by molar-refractivity contribution is 5.43. The smallest absolute Gasteiger partial charge is 0.274 e. The lowest BCUT2D eigenvalue weighted by molar-refractivity contribution is -0.385. The van der Waals surface area contributed by atoms with Crippen LogP contribution in [-0.4, -0.2) is 19.9 Å². The molecule has 0 fully saturated rings. The van der Waals surface area contributed by atoms with Crippen LogP contribution in [0.15, 0.2) is 24.4 Å². The highest BCUT2D eigenvalue weighted by Gasteiger charge is 2.14. The quantitative estimate of drug-likeness (QED) is 0.670. The van der Waals surface area contributed by atoms with Crippen molar-refractivity contribution in [3.8, 4) is 5.69 Å². The Bertz CT molecular complexity index is 613. The van der Waals surface area contributed by atoms with Crippen LogP contribution in [0.4, 0.5) is 10.1 Å². The summed E-state index contributed by atoms with van der Waals surface area (Å²) in [5.41, 5.74) is 6.24. The van der Waals surface area contributed by atoms with E-state index in [0.29, 0.717) is 12.1 Å². The molecule has 1 atom stereocenters. The summed E-state index contributed by atoms with van der Waals surface area (Å²) in [5.74, 6) is -0.707. The third-order valence-electron chi connectivity index (χ3n) is 2.67. The van der Waals surface area contributed by atoms with Gasteiger partial charge in [-0.3, -0.25) is 10.1 Å². The first-order valence-corrected chi connectivity index (χ1v) is 5.64. The molecule has 1 unspecified atom stereocenters. The number of rotatable bonds is 4. The van der Waals surface area contributed by atoms with Gasteiger partial charge in [-0.05, 0) is 6.42 Å². The molecule has 8 heteroatoms. The number of hydrogen-bond donors (Lipinski definition) is 1. The topological polar surface area (TPSA) is 99.9 Å². The molecular weight excluding hydrogens is 253 g/mol. The maximum Gasteiger partial charge on any atom is 0.274 e. The first-order chi connectivity index (χ1) is 9.01. The number of aromatic nitrogens is 3. The molecule has 0 amide bonds. The molecule has 2 N–H and O–H groups in total. The highest BCUT2D eigenvalue weighted by Crippen LogP contribution is 2.20. The Labute approximate surface area is 108 Å². The van der Waals surface area contributed by atoms with Gasteiger partial charge < -0.3 is 5.73 Å². The van der Waals surface area contributed by atoms with Crippen LogP contribution >= 0.6 is 0 Å². The van der Waals surface area contributed by atoms with Crippen molar-refractivity contribution in [1.29, 1.82) is 0 Å². The normalized spacial score (nSPS) is 12.4. The second-order valence-corrected chi connectivity index (χ2v) is 4.03. The molecule has 0 saturated carbocycles. The van der Waals surface area contributed by atoms with Crippen LogP contribution in [0, 0.1) is 15.9 Å². The minimum absolute atomic E-state index is 0.230. The largest absolute Gasteiger partial charge is 0.323 e. The van der Waals surface area contributed by atoms with E-state index in [4.69, 9.17) is 5.73 Å². The van der Waals surface area contributed by atoms with Crippen LogP contribution in [0.1, 0.15) is 25.1 Å². The Kier molecular flexibility index (Phi) is 3.52. The van der Waals surface area contributed by atoms with Crippen LogP contribution in [-0.2, 0) is 0 Å². The van der Waals surface area contributed by atoms with Gasteiger partial charge in [0, 0.05) is 12.1 Å². The maximum absolute atomic E-state index is 13.3. The van der Waals surface area contributed by atoms with Crippen molar-refractivity contribution in [3.05, 3.63) is 46.0 Å². The van der Waals surface area contributed by atoms with E-state index in [9.17, 15) is 14.5 Å². The average Bonchev–Trinajstić information content (AvgIpc) is 2.86. The fraction of sp³-hybridized carbons (Fsp3) is 0.273. The van der Waals surface area contributed by atoms with Crippen LogP contribution < -0.4 is 5.73 Å². The molecule has 0 radical (unpaired) electrons. The van der Waals surface area contributed by atoms with Gasteiger partial charge in [0.25, 0.3) is 5.69 Å². The van der Waals surface area contributed by atoms with Gasteiger partial charge in [-0.25, -0.2) is 9.07 Å². The second-order valence-electron chi connectivity index (χ2n) is 4.03. The summed E-state index contributed by atoms with van der Waals surface area (Å²) in [6, 6.07) is 2.94. The van der Waals surface area contributed by atoms with E-state index >= 15 is 0 Å². The van der Waals surface area contributed by atoms with Gasteiger partial charge >= 0.3 is 0 Å². The lowest BCUT2D eigenvalue weighted by Crippen LogP contribution is -2.08. The second kappa shape index (κ2) is 5.11. The van der Waals surface area contributed by atoms with Crippen LogP contribution in [0.3, 0.4) is 0 Å². The molecule has 0 saturated heterocycles. The average molecular weight is 265 g/mol. The SMILES string of the molecule is CCC(N)c1cn(-c2cc(F)cc([N+](=O)[O-])c2)nn1. The summed E-state index contributed by atoms with van der Waals surface area (Å²) in [6.45, 7) is 1.90. The van der Waals surface area contributed by atoms with Gasteiger partial charge in [-0.1, -0.05) is 12.1 Å². The number of nitro benzene ring substituents is 1. The third kappa shape index (κ3) is 2.74. The molecule has 0 spiro atoms. The monoisotopic (exact) mass is 265 g/mol. The van der Waals surface area contributed by atoms with E-state index in [1.165, 1.54) is 16.9 Å². The molecule has 100 valence electrons. The van der Waals surface area contributed by atoms with Crippen molar-refractivity contribution in [1.82, 2.24) is 15.0 Å². The van der Waals surface area contributed by atoms with Crippen molar-refractivity contribution < 1.29 is 9.31 Å². The van der Waals surface area contributed by atoms with E-state index in [1.54, 1.807) is 0 Å². The third-order valence-corrected chi connectivity index (χ3v) is 2.67. The minimum atomic E-state index is -0.707. The number of halogens is 1. The summed E-state index contributed by atoms with van der Waals surface area (Å²) in [5, 5.41) is 18.3. The molecule has 2 rings (SSSR count). The van der Waals surface area contributed by atoms with E-state index in [0.717, 1.165) is 12.1 Å². The van der Waals surface area contributed by atoms with Gasteiger partial charge in [-0.2, -0.15) is 0 Å². The molecule has 1 heterocycles. The van der Waals surface area contributed by atoms with Crippen molar-refractivity contribution >= 4 is 5.69 Å². The van der Waals surface area contributed by atoms with Gasteiger partial charge in [0.05, 0.1) is 34.6 Å². The molecule has 0 bridgehead atoms. The number of non-ortho nitro benzene ring substituents is 1. The molecule has 2 aromatic rings. The number of benzene rings is 1. The molecule has 7 nitrogen and oxygen atoms in total. The summed E-state index contributed by atoms with van der Waals surface area (Å²) in [4.78, 5) is 10.0. The molecule has 0 aliphatic carbocycles. The zero-order valence-corrected chi connectivity index (χ0v) is 10.2. The van der Waals surface area contributed by atoms with E-state index in [2.05, 4.69) is 10.3 Å². The Balaban J connectivity index is 2.41. The number of nitro groups is 1. The van der Waals surface area contributed by atoms with Crippen LogP contribution in [0.5, 0.6) is 0 Å². The Hall–Kier alpha value is -2.35. The van der Waals surface area contributed by atoms with E-state index < -0.39 is 10.7 Å². The highest BCUT2D eigenvalue weighted by atomic mass is 19.1. The molecule has 0 aliphatic heterocycles. The zero-order valence-electron chi connectivity index (χ0n) is 10.2. The molecular formula is C11H12FN5O2. The van der Waals surface area contributed by atoms with Crippen molar-refractivity contribution in [2.75, 3.05) is 0 Å².